The van der Waals surface area contributed by atoms with Crippen LogP contribution in [0.25, 0.3) is 0 Å². The number of rotatable bonds is 4. The number of nitrogens with zero attached hydrogens (tertiary/aromatic N) is 4. The maximum Gasteiger partial charge on any atom is 0.134 e. The van der Waals surface area contributed by atoms with E-state index >= 15 is 0 Å². The lowest BCUT2D eigenvalue weighted by atomic mass is 10.2. The lowest BCUT2D eigenvalue weighted by Gasteiger charge is -2.09. The van der Waals surface area contributed by atoms with Crippen molar-refractivity contribution < 1.29 is 0 Å². The Balaban J connectivity index is 2.25. The highest BCUT2D eigenvalue weighted by Gasteiger charge is 2.15. The summed E-state index contributed by atoms with van der Waals surface area (Å²) in [5, 5.41) is 11.9. The van der Waals surface area contributed by atoms with E-state index in [9.17, 15) is 0 Å². The zero-order valence-electron chi connectivity index (χ0n) is 11.6. The van der Waals surface area contributed by atoms with Gasteiger partial charge in [0, 0.05) is 31.9 Å². The Bertz CT molecular complexity index is 624. The molecule has 0 aliphatic heterocycles. The number of hydrogen-bond donors (Lipinski definition) is 2. The SMILES string of the molecule is Cc1nn(C)c(NCc2cnn(C)c2C)c1C(N)=S. The minimum atomic E-state index is 0.357. The van der Waals surface area contributed by atoms with Crippen LogP contribution in [0.1, 0.15) is 22.5 Å². The summed E-state index contributed by atoms with van der Waals surface area (Å²) < 4.78 is 3.61. The molecule has 0 aliphatic carbocycles. The smallest absolute Gasteiger partial charge is 0.134 e. The number of anilines is 1. The van der Waals surface area contributed by atoms with E-state index in [1.54, 1.807) is 4.68 Å². The molecule has 0 spiro atoms. The predicted octanol–water partition coefficient (Wildman–Crippen LogP) is 1.02. The van der Waals surface area contributed by atoms with Crippen molar-refractivity contribution in [2.24, 2.45) is 19.8 Å². The van der Waals surface area contributed by atoms with Crippen LogP contribution in [0, 0.1) is 13.8 Å². The van der Waals surface area contributed by atoms with Crippen molar-refractivity contribution in [3.05, 3.63) is 28.7 Å². The molecule has 0 atom stereocenters. The zero-order chi connectivity index (χ0) is 14.2. The number of nitrogens with one attached hydrogen (secondary N) is 1. The molecule has 2 rings (SSSR count). The van der Waals surface area contributed by atoms with Gasteiger partial charge < -0.3 is 11.1 Å². The van der Waals surface area contributed by atoms with Crippen LogP contribution < -0.4 is 11.1 Å². The second-order valence-electron chi connectivity index (χ2n) is 4.53. The van der Waals surface area contributed by atoms with E-state index in [0.717, 1.165) is 28.3 Å². The number of hydrogen-bond acceptors (Lipinski definition) is 4. The van der Waals surface area contributed by atoms with Crippen LogP contribution in [0.5, 0.6) is 0 Å². The summed E-state index contributed by atoms with van der Waals surface area (Å²) >= 11 is 5.08. The van der Waals surface area contributed by atoms with Gasteiger partial charge in [-0.1, -0.05) is 12.2 Å². The quantitative estimate of drug-likeness (QED) is 0.817. The number of aromatic nitrogens is 4. The Morgan fingerprint density at radius 2 is 2.05 bits per heavy atom. The summed E-state index contributed by atoms with van der Waals surface area (Å²) in [4.78, 5) is 0.357. The highest BCUT2D eigenvalue weighted by Crippen LogP contribution is 2.19. The summed E-state index contributed by atoms with van der Waals surface area (Å²) in [5.41, 5.74) is 9.65. The first-order chi connectivity index (χ1) is 8.91. The maximum atomic E-state index is 5.75. The molecule has 2 aromatic heterocycles. The fourth-order valence-corrected chi connectivity index (χ4v) is 2.30. The minimum Gasteiger partial charge on any atom is -0.389 e. The van der Waals surface area contributed by atoms with Crippen LogP contribution in [0.2, 0.25) is 0 Å². The first-order valence-corrected chi connectivity index (χ1v) is 6.37. The third-order valence-corrected chi connectivity index (χ3v) is 3.46. The topological polar surface area (TPSA) is 73.7 Å². The Labute approximate surface area is 117 Å². The Morgan fingerprint density at radius 3 is 2.58 bits per heavy atom. The van der Waals surface area contributed by atoms with Gasteiger partial charge in [0.25, 0.3) is 0 Å². The van der Waals surface area contributed by atoms with Crippen LogP contribution in [0.4, 0.5) is 5.82 Å². The monoisotopic (exact) mass is 278 g/mol. The zero-order valence-corrected chi connectivity index (χ0v) is 12.4. The largest absolute Gasteiger partial charge is 0.389 e. The second-order valence-corrected chi connectivity index (χ2v) is 4.97. The van der Waals surface area contributed by atoms with E-state index in [-0.39, 0.29) is 0 Å². The van der Waals surface area contributed by atoms with Crippen molar-refractivity contribution >= 4 is 23.0 Å². The highest BCUT2D eigenvalue weighted by atomic mass is 32.1. The molecule has 19 heavy (non-hydrogen) atoms. The Hall–Kier alpha value is -1.89. The van der Waals surface area contributed by atoms with Gasteiger partial charge in [-0.2, -0.15) is 10.2 Å². The average molecular weight is 278 g/mol. The van der Waals surface area contributed by atoms with Crippen molar-refractivity contribution in [2.75, 3.05) is 5.32 Å². The molecule has 0 unspecified atom stereocenters. The second kappa shape index (κ2) is 5.00. The normalized spacial score (nSPS) is 10.7. The first kappa shape index (κ1) is 13.5. The predicted molar refractivity (Wildman–Crippen MR) is 79.1 cm³/mol. The average Bonchev–Trinajstić information content (AvgIpc) is 2.79. The van der Waals surface area contributed by atoms with Crippen molar-refractivity contribution in [1.82, 2.24) is 19.6 Å². The van der Waals surface area contributed by atoms with Crippen molar-refractivity contribution in [2.45, 2.75) is 20.4 Å². The van der Waals surface area contributed by atoms with E-state index in [4.69, 9.17) is 18.0 Å². The van der Waals surface area contributed by atoms with E-state index < -0.39 is 0 Å². The lowest BCUT2D eigenvalue weighted by Crippen LogP contribution is -2.14. The molecule has 0 saturated carbocycles. The fourth-order valence-electron chi connectivity index (χ4n) is 2.05. The lowest BCUT2D eigenvalue weighted by molar-refractivity contribution is 0.737. The van der Waals surface area contributed by atoms with E-state index in [2.05, 4.69) is 15.5 Å². The summed E-state index contributed by atoms with van der Waals surface area (Å²) in [7, 11) is 3.79. The van der Waals surface area contributed by atoms with Crippen LogP contribution in [-0.2, 0) is 20.6 Å². The molecular weight excluding hydrogens is 260 g/mol. The molecule has 3 N–H and O–H groups in total. The summed E-state index contributed by atoms with van der Waals surface area (Å²) in [6, 6.07) is 0. The fraction of sp³-hybridized carbons (Fsp3) is 0.417. The van der Waals surface area contributed by atoms with E-state index in [1.807, 2.05) is 38.8 Å². The van der Waals surface area contributed by atoms with Gasteiger partial charge in [-0.05, 0) is 13.8 Å². The molecule has 2 heterocycles. The van der Waals surface area contributed by atoms with Crippen LogP contribution in [0.3, 0.4) is 0 Å². The molecule has 0 saturated heterocycles. The van der Waals surface area contributed by atoms with Gasteiger partial charge in [-0.3, -0.25) is 9.36 Å². The highest BCUT2D eigenvalue weighted by molar-refractivity contribution is 7.80. The molecule has 0 fully saturated rings. The molecule has 0 bridgehead atoms. The van der Waals surface area contributed by atoms with Crippen molar-refractivity contribution in [1.29, 1.82) is 0 Å². The number of thiocarbonyl (C=S) groups is 1. The molecule has 102 valence electrons. The van der Waals surface area contributed by atoms with Crippen LogP contribution in [-0.4, -0.2) is 24.5 Å². The molecule has 0 aromatic carbocycles. The molecule has 0 radical (unpaired) electrons. The first-order valence-electron chi connectivity index (χ1n) is 5.96. The Kier molecular flexibility index (Phi) is 3.57. The molecule has 7 heteroatoms. The van der Waals surface area contributed by atoms with Gasteiger partial charge in [0.1, 0.15) is 10.8 Å². The van der Waals surface area contributed by atoms with Crippen molar-refractivity contribution in [3.63, 3.8) is 0 Å². The Morgan fingerprint density at radius 1 is 1.37 bits per heavy atom. The standard InChI is InChI=1S/C12H18N6S/c1-7-10(11(13)19)12(18(4)16-7)14-5-9-6-15-17(3)8(9)2/h6,14H,5H2,1-4H3,(H2,13,19). The summed E-state index contributed by atoms with van der Waals surface area (Å²) in [6.07, 6.45) is 1.85. The molecule has 0 aliphatic rings. The summed E-state index contributed by atoms with van der Waals surface area (Å²) in [6.45, 7) is 4.59. The maximum absolute atomic E-state index is 5.75. The van der Waals surface area contributed by atoms with E-state index in [0.29, 0.717) is 11.5 Å². The summed E-state index contributed by atoms with van der Waals surface area (Å²) in [5.74, 6) is 0.841. The van der Waals surface area contributed by atoms with Crippen LogP contribution in [0.15, 0.2) is 6.20 Å². The van der Waals surface area contributed by atoms with Gasteiger partial charge >= 0.3 is 0 Å². The van der Waals surface area contributed by atoms with Gasteiger partial charge in [0.2, 0.25) is 0 Å². The molecule has 2 aromatic rings. The van der Waals surface area contributed by atoms with Gasteiger partial charge in [-0.15, -0.1) is 0 Å². The van der Waals surface area contributed by atoms with E-state index in [1.165, 1.54) is 0 Å². The third kappa shape index (κ3) is 2.46. The number of aryl methyl sites for hydroxylation is 3. The molecule has 6 nitrogen and oxygen atoms in total. The van der Waals surface area contributed by atoms with Gasteiger partial charge in [-0.25, -0.2) is 0 Å². The third-order valence-electron chi connectivity index (χ3n) is 3.25. The van der Waals surface area contributed by atoms with Gasteiger partial charge in [0.05, 0.1) is 17.5 Å². The molecular formula is C12H18N6S. The molecule has 0 amide bonds. The minimum absolute atomic E-state index is 0.357. The number of nitrogens with two attached hydrogens (primary N) is 1. The van der Waals surface area contributed by atoms with Crippen LogP contribution >= 0.6 is 12.2 Å². The van der Waals surface area contributed by atoms with Crippen molar-refractivity contribution in [3.8, 4) is 0 Å². The van der Waals surface area contributed by atoms with Gasteiger partial charge in [0.15, 0.2) is 0 Å².